The van der Waals surface area contributed by atoms with Crippen molar-refractivity contribution in [2.75, 3.05) is 7.05 Å². The predicted molar refractivity (Wildman–Crippen MR) is 86.6 cm³/mol. The van der Waals surface area contributed by atoms with E-state index in [9.17, 15) is 9.59 Å². The van der Waals surface area contributed by atoms with Crippen molar-refractivity contribution in [3.8, 4) is 0 Å². The number of nitrogens with one attached hydrogen (secondary N) is 1. The molecule has 0 unspecified atom stereocenters. The molecule has 0 saturated carbocycles. The third-order valence-electron chi connectivity index (χ3n) is 3.39. The molecule has 1 atom stereocenters. The summed E-state index contributed by atoms with van der Waals surface area (Å²) in [6, 6.07) is 8.53. The summed E-state index contributed by atoms with van der Waals surface area (Å²) in [4.78, 5) is 24.8. The number of hydrogen-bond donors (Lipinski definition) is 2. The fraction of sp³-hybridized carbons (Fsp3) is 0.312. The van der Waals surface area contributed by atoms with Gasteiger partial charge in [0.15, 0.2) is 0 Å². The Balaban J connectivity index is 1.85. The molecule has 0 bridgehead atoms. The summed E-state index contributed by atoms with van der Waals surface area (Å²) in [7, 11) is 1.72. The van der Waals surface area contributed by atoms with Gasteiger partial charge in [-0.15, -0.1) is 0 Å². The lowest BCUT2D eigenvalue weighted by Crippen LogP contribution is -2.43. The number of aromatic nitrogens is 2. The van der Waals surface area contributed by atoms with E-state index in [1.807, 2.05) is 19.2 Å². The van der Waals surface area contributed by atoms with Gasteiger partial charge in [-0.1, -0.05) is 12.1 Å². The van der Waals surface area contributed by atoms with Crippen LogP contribution in [0, 0.1) is 0 Å². The number of carbonyl (C=O) groups excluding carboxylic acids is 2. The molecule has 0 aliphatic rings. The van der Waals surface area contributed by atoms with E-state index in [0.29, 0.717) is 18.7 Å². The standard InChI is InChI=1S/C16H21N5O2/c1-12(10-21-9-3-8-18-21)19-16(23)20(2)11-13-4-6-14(7-5-13)15(17)22/h3-9,12H,10-11H2,1-2H3,(H2,17,22)(H,19,23)/t12-/m1/s1. The molecule has 2 rings (SSSR count). The number of nitrogens with zero attached hydrogens (tertiary/aromatic N) is 3. The van der Waals surface area contributed by atoms with E-state index < -0.39 is 5.91 Å². The molecule has 0 radical (unpaired) electrons. The lowest BCUT2D eigenvalue weighted by Gasteiger charge is -2.21. The SMILES string of the molecule is C[C@H](Cn1cccn1)NC(=O)N(C)Cc1ccc(C(N)=O)cc1. The van der Waals surface area contributed by atoms with Crippen LogP contribution in [0.25, 0.3) is 0 Å². The molecule has 122 valence electrons. The number of rotatable bonds is 6. The molecule has 0 fully saturated rings. The first-order valence-electron chi connectivity index (χ1n) is 7.33. The minimum atomic E-state index is -0.463. The van der Waals surface area contributed by atoms with E-state index in [-0.39, 0.29) is 12.1 Å². The molecule has 7 heteroatoms. The topological polar surface area (TPSA) is 93.2 Å². The van der Waals surface area contributed by atoms with Crippen molar-refractivity contribution in [2.24, 2.45) is 5.73 Å². The summed E-state index contributed by atoms with van der Waals surface area (Å²) >= 11 is 0. The van der Waals surface area contributed by atoms with Crippen molar-refractivity contribution in [3.05, 3.63) is 53.9 Å². The molecule has 3 amide bonds. The smallest absolute Gasteiger partial charge is 0.317 e. The summed E-state index contributed by atoms with van der Waals surface area (Å²) in [5, 5.41) is 7.03. The first kappa shape index (κ1) is 16.5. The van der Waals surface area contributed by atoms with Gasteiger partial charge in [-0.25, -0.2) is 4.79 Å². The average molecular weight is 315 g/mol. The van der Waals surface area contributed by atoms with Crippen LogP contribution in [-0.4, -0.2) is 39.7 Å². The van der Waals surface area contributed by atoms with Crippen molar-refractivity contribution in [1.82, 2.24) is 20.0 Å². The minimum absolute atomic E-state index is 0.0397. The van der Waals surface area contributed by atoms with Crippen molar-refractivity contribution < 1.29 is 9.59 Å². The van der Waals surface area contributed by atoms with Crippen LogP contribution in [0.3, 0.4) is 0 Å². The van der Waals surface area contributed by atoms with Gasteiger partial charge in [0.05, 0.1) is 6.54 Å². The number of urea groups is 1. The number of primary amides is 1. The maximum Gasteiger partial charge on any atom is 0.317 e. The molecule has 0 saturated heterocycles. The number of amides is 3. The monoisotopic (exact) mass is 315 g/mol. The van der Waals surface area contributed by atoms with Gasteiger partial charge < -0.3 is 16.0 Å². The van der Waals surface area contributed by atoms with Gasteiger partial charge in [-0.05, 0) is 30.7 Å². The largest absolute Gasteiger partial charge is 0.366 e. The molecular weight excluding hydrogens is 294 g/mol. The molecule has 7 nitrogen and oxygen atoms in total. The van der Waals surface area contributed by atoms with Crippen LogP contribution in [-0.2, 0) is 13.1 Å². The van der Waals surface area contributed by atoms with Crippen LogP contribution in [0.15, 0.2) is 42.7 Å². The second kappa shape index (κ2) is 7.44. The van der Waals surface area contributed by atoms with E-state index >= 15 is 0 Å². The number of nitrogens with two attached hydrogens (primary N) is 1. The molecule has 1 aromatic heterocycles. The van der Waals surface area contributed by atoms with E-state index in [1.54, 1.807) is 47.1 Å². The zero-order chi connectivity index (χ0) is 16.8. The number of hydrogen-bond acceptors (Lipinski definition) is 3. The fourth-order valence-corrected chi connectivity index (χ4v) is 2.18. The van der Waals surface area contributed by atoms with Gasteiger partial charge in [0.25, 0.3) is 0 Å². The summed E-state index contributed by atoms with van der Waals surface area (Å²) in [5.74, 6) is -0.463. The molecule has 0 aliphatic carbocycles. The maximum absolute atomic E-state index is 12.2. The second-order valence-corrected chi connectivity index (χ2v) is 5.50. The average Bonchev–Trinajstić information content (AvgIpc) is 3.00. The highest BCUT2D eigenvalue weighted by Crippen LogP contribution is 2.07. The molecule has 0 aliphatic heterocycles. The van der Waals surface area contributed by atoms with Gasteiger partial charge in [0.1, 0.15) is 0 Å². The lowest BCUT2D eigenvalue weighted by atomic mass is 10.1. The Bertz CT molecular complexity index is 652. The number of benzene rings is 1. The van der Waals surface area contributed by atoms with Crippen molar-refractivity contribution >= 4 is 11.9 Å². The Labute approximate surface area is 135 Å². The molecule has 0 spiro atoms. The normalized spacial score (nSPS) is 11.7. The van der Waals surface area contributed by atoms with Crippen molar-refractivity contribution in [2.45, 2.75) is 26.1 Å². The number of carbonyl (C=O) groups is 2. The maximum atomic E-state index is 12.2. The van der Waals surface area contributed by atoms with Crippen LogP contribution >= 0.6 is 0 Å². The molecule has 3 N–H and O–H groups in total. The van der Waals surface area contributed by atoms with Crippen LogP contribution in [0.2, 0.25) is 0 Å². The summed E-state index contributed by atoms with van der Waals surface area (Å²) in [6.07, 6.45) is 3.56. The van der Waals surface area contributed by atoms with Crippen molar-refractivity contribution in [3.63, 3.8) is 0 Å². The molecule has 2 aromatic rings. The fourth-order valence-electron chi connectivity index (χ4n) is 2.18. The molecule has 1 heterocycles. The van der Waals surface area contributed by atoms with Gasteiger partial charge >= 0.3 is 6.03 Å². The van der Waals surface area contributed by atoms with Crippen LogP contribution in [0.4, 0.5) is 4.79 Å². The van der Waals surface area contributed by atoms with E-state index in [1.165, 1.54) is 0 Å². The minimum Gasteiger partial charge on any atom is -0.366 e. The van der Waals surface area contributed by atoms with Crippen LogP contribution in [0.5, 0.6) is 0 Å². The third kappa shape index (κ3) is 4.84. The van der Waals surface area contributed by atoms with E-state index in [0.717, 1.165) is 5.56 Å². The Morgan fingerprint density at radius 2 is 2.04 bits per heavy atom. The molecular formula is C16H21N5O2. The Morgan fingerprint density at radius 1 is 1.35 bits per heavy atom. The highest BCUT2D eigenvalue weighted by Gasteiger charge is 2.13. The Kier molecular flexibility index (Phi) is 5.35. The summed E-state index contributed by atoms with van der Waals surface area (Å²) in [5.41, 5.74) is 6.58. The Hall–Kier alpha value is -2.83. The highest BCUT2D eigenvalue weighted by molar-refractivity contribution is 5.92. The van der Waals surface area contributed by atoms with E-state index in [4.69, 9.17) is 5.73 Å². The summed E-state index contributed by atoms with van der Waals surface area (Å²) < 4.78 is 1.77. The van der Waals surface area contributed by atoms with Crippen molar-refractivity contribution in [1.29, 1.82) is 0 Å². The first-order chi connectivity index (χ1) is 11.0. The summed E-state index contributed by atoms with van der Waals surface area (Å²) in [6.45, 7) is 2.98. The third-order valence-corrected chi connectivity index (χ3v) is 3.39. The molecule has 23 heavy (non-hydrogen) atoms. The zero-order valence-electron chi connectivity index (χ0n) is 13.3. The van der Waals surface area contributed by atoms with Crippen LogP contribution < -0.4 is 11.1 Å². The lowest BCUT2D eigenvalue weighted by molar-refractivity contribution is 0.1000. The van der Waals surface area contributed by atoms with Gasteiger partial charge in [0.2, 0.25) is 5.91 Å². The zero-order valence-corrected chi connectivity index (χ0v) is 13.3. The van der Waals surface area contributed by atoms with Crippen LogP contribution in [0.1, 0.15) is 22.8 Å². The Morgan fingerprint density at radius 3 is 2.61 bits per heavy atom. The first-order valence-corrected chi connectivity index (χ1v) is 7.33. The molecule has 1 aromatic carbocycles. The highest BCUT2D eigenvalue weighted by atomic mass is 16.2. The van der Waals surface area contributed by atoms with Gasteiger partial charge in [0, 0.05) is 37.6 Å². The quantitative estimate of drug-likeness (QED) is 0.839. The van der Waals surface area contributed by atoms with Gasteiger partial charge in [-0.3, -0.25) is 9.48 Å². The van der Waals surface area contributed by atoms with E-state index in [2.05, 4.69) is 10.4 Å². The second-order valence-electron chi connectivity index (χ2n) is 5.50. The predicted octanol–water partition coefficient (Wildman–Crippen LogP) is 1.21. The van der Waals surface area contributed by atoms with Gasteiger partial charge in [-0.2, -0.15) is 5.10 Å².